The molecule has 0 aliphatic carbocycles. The van der Waals surface area contributed by atoms with Gasteiger partial charge in [0.05, 0.1) is 6.61 Å². The van der Waals surface area contributed by atoms with Crippen LogP contribution in [0.1, 0.15) is 38.7 Å². The van der Waals surface area contributed by atoms with Gasteiger partial charge in [-0.1, -0.05) is 25.5 Å². The van der Waals surface area contributed by atoms with Gasteiger partial charge in [0.2, 0.25) is 5.91 Å². The summed E-state index contributed by atoms with van der Waals surface area (Å²) < 4.78 is 5.56. The van der Waals surface area contributed by atoms with Gasteiger partial charge in [-0.25, -0.2) is 0 Å². The summed E-state index contributed by atoms with van der Waals surface area (Å²) in [5.74, 6) is -0.457. The highest BCUT2D eigenvalue weighted by Crippen LogP contribution is 2.13. The normalized spacial score (nSPS) is 11.7. The molecular weight excluding hydrogens is 270 g/mol. The number of ether oxygens (including phenoxy) is 1. The number of unbranched alkanes of at least 4 members (excludes halogenated alkanes) is 1. The van der Waals surface area contributed by atoms with Crippen molar-refractivity contribution in [2.45, 2.75) is 45.6 Å². The molecular formula is C16H23NO4. The third-order valence-corrected chi connectivity index (χ3v) is 3.08. The van der Waals surface area contributed by atoms with Crippen LogP contribution in [0.25, 0.3) is 0 Å². The molecule has 0 aliphatic heterocycles. The average molecular weight is 293 g/mol. The second kappa shape index (κ2) is 9.00. The lowest BCUT2D eigenvalue weighted by Crippen LogP contribution is -2.38. The van der Waals surface area contributed by atoms with Crippen molar-refractivity contribution in [1.29, 1.82) is 0 Å². The molecule has 0 heterocycles. The van der Waals surface area contributed by atoms with Crippen LogP contribution in [0.3, 0.4) is 0 Å². The Labute approximate surface area is 125 Å². The van der Waals surface area contributed by atoms with Crippen molar-refractivity contribution < 1.29 is 19.4 Å². The van der Waals surface area contributed by atoms with Crippen LogP contribution in [0, 0.1) is 0 Å². The fraction of sp³-hybridized carbons (Fsp3) is 0.500. The predicted octanol–water partition coefficient (Wildman–Crippen LogP) is 2.39. The summed E-state index contributed by atoms with van der Waals surface area (Å²) in [5.41, 5.74) is 1.02. The van der Waals surface area contributed by atoms with Crippen molar-refractivity contribution in [1.82, 2.24) is 5.32 Å². The number of amides is 1. The third-order valence-electron chi connectivity index (χ3n) is 3.08. The van der Waals surface area contributed by atoms with Gasteiger partial charge in [0.15, 0.2) is 0 Å². The van der Waals surface area contributed by atoms with Gasteiger partial charge < -0.3 is 15.2 Å². The van der Waals surface area contributed by atoms with Crippen molar-refractivity contribution in [2.24, 2.45) is 0 Å². The Morgan fingerprint density at radius 1 is 1.29 bits per heavy atom. The molecule has 116 valence electrons. The Morgan fingerprint density at radius 3 is 2.52 bits per heavy atom. The van der Waals surface area contributed by atoms with E-state index in [0.717, 1.165) is 24.2 Å². The van der Waals surface area contributed by atoms with Gasteiger partial charge in [-0.05, 0) is 37.5 Å². The van der Waals surface area contributed by atoms with Crippen molar-refractivity contribution in [2.75, 3.05) is 6.61 Å². The first kappa shape index (κ1) is 17.0. The van der Waals surface area contributed by atoms with E-state index >= 15 is 0 Å². The number of carboxylic acids is 1. The molecule has 2 N–H and O–H groups in total. The lowest BCUT2D eigenvalue weighted by molar-refractivity contribution is -0.141. The number of hydrogen-bond acceptors (Lipinski definition) is 3. The summed E-state index contributed by atoms with van der Waals surface area (Å²) in [5, 5.41) is 11.1. The van der Waals surface area contributed by atoms with E-state index in [1.54, 1.807) is 0 Å². The Hall–Kier alpha value is -2.04. The Balaban J connectivity index is 2.35. The summed E-state index contributed by atoms with van der Waals surface area (Å²) >= 11 is 0. The first-order chi connectivity index (χ1) is 10.0. The number of nitrogens with one attached hydrogen (secondary N) is 1. The van der Waals surface area contributed by atoms with Crippen molar-refractivity contribution in [3.63, 3.8) is 0 Å². The topological polar surface area (TPSA) is 75.6 Å². The number of aliphatic carboxylic acids is 1. The van der Waals surface area contributed by atoms with E-state index in [1.807, 2.05) is 24.3 Å². The van der Waals surface area contributed by atoms with Crippen LogP contribution in [0.4, 0.5) is 0 Å². The number of carbonyl (C=O) groups is 2. The second-order valence-electron chi connectivity index (χ2n) is 4.97. The molecule has 1 aromatic rings. The SMILES string of the molecule is CCCCOc1ccc(CCC(=O)NC(C)C(=O)O)cc1. The molecule has 1 aromatic carbocycles. The van der Waals surface area contributed by atoms with E-state index in [1.165, 1.54) is 6.92 Å². The summed E-state index contributed by atoms with van der Waals surface area (Å²) in [6.45, 7) is 4.27. The smallest absolute Gasteiger partial charge is 0.325 e. The summed E-state index contributed by atoms with van der Waals surface area (Å²) in [6.07, 6.45) is 2.98. The number of carboxylic acid groups (broad SMARTS) is 1. The molecule has 1 rings (SSSR count). The maximum absolute atomic E-state index is 11.6. The van der Waals surface area contributed by atoms with Gasteiger partial charge in [-0.15, -0.1) is 0 Å². The molecule has 1 atom stereocenters. The number of aryl methyl sites for hydroxylation is 1. The van der Waals surface area contributed by atoms with Crippen LogP contribution in [0.5, 0.6) is 5.75 Å². The first-order valence-corrected chi connectivity index (χ1v) is 7.26. The van der Waals surface area contributed by atoms with Crippen LogP contribution >= 0.6 is 0 Å². The number of rotatable bonds is 9. The van der Waals surface area contributed by atoms with Crippen molar-refractivity contribution >= 4 is 11.9 Å². The zero-order valence-corrected chi connectivity index (χ0v) is 12.6. The largest absolute Gasteiger partial charge is 0.494 e. The molecule has 1 amide bonds. The van der Waals surface area contributed by atoms with Crippen molar-refractivity contribution in [3.8, 4) is 5.75 Å². The van der Waals surface area contributed by atoms with E-state index in [9.17, 15) is 9.59 Å². The van der Waals surface area contributed by atoms with Crippen LogP contribution < -0.4 is 10.1 Å². The fourth-order valence-electron chi connectivity index (χ4n) is 1.72. The summed E-state index contributed by atoms with van der Waals surface area (Å²) in [4.78, 5) is 22.2. The molecule has 0 aromatic heterocycles. The van der Waals surface area contributed by atoms with Crippen LogP contribution in [-0.4, -0.2) is 29.6 Å². The zero-order valence-electron chi connectivity index (χ0n) is 12.6. The van der Waals surface area contributed by atoms with Gasteiger partial charge in [0.25, 0.3) is 0 Å². The Kier molecular flexibility index (Phi) is 7.29. The average Bonchev–Trinajstić information content (AvgIpc) is 2.46. The quantitative estimate of drug-likeness (QED) is 0.685. The molecule has 0 saturated heterocycles. The maximum atomic E-state index is 11.6. The summed E-state index contributed by atoms with van der Waals surface area (Å²) in [7, 11) is 0. The fourth-order valence-corrected chi connectivity index (χ4v) is 1.72. The molecule has 5 heteroatoms. The molecule has 0 bridgehead atoms. The van der Waals surface area contributed by atoms with Gasteiger partial charge >= 0.3 is 5.97 Å². The molecule has 0 saturated carbocycles. The molecule has 0 radical (unpaired) electrons. The van der Waals surface area contributed by atoms with E-state index < -0.39 is 12.0 Å². The molecule has 0 aliphatic rings. The Bertz CT molecular complexity index is 456. The van der Waals surface area contributed by atoms with Crippen LogP contribution in [-0.2, 0) is 16.0 Å². The lowest BCUT2D eigenvalue weighted by Gasteiger charge is -2.09. The first-order valence-electron chi connectivity index (χ1n) is 7.26. The molecule has 21 heavy (non-hydrogen) atoms. The van der Waals surface area contributed by atoms with Gasteiger partial charge in [-0.3, -0.25) is 9.59 Å². The van der Waals surface area contributed by atoms with Gasteiger partial charge in [0, 0.05) is 6.42 Å². The lowest BCUT2D eigenvalue weighted by atomic mass is 10.1. The van der Waals surface area contributed by atoms with E-state index in [0.29, 0.717) is 13.0 Å². The maximum Gasteiger partial charge on any atom is 0.325 e. The molecule has 1 unspecified atom stereocenters. The molecule has 5 nitrogen and oxygen atoms in total. The second-order valence-corrected chi connectivity index (χ2v) is 4.97. The standard InChI is InChI=1S/C16H23NO4/c1-3-4-11-21-14-8-5-13(6-9-14)7-10-15(18)17-12(2)16(19)20/h5-6,8-9,12H,3-4,7,10-11H2,1-2H3,(H,17,18)(H,19,20). The highest BCUT2D eigenvalue weighted by molar-refractivity contribution is 5.83. The van der Waals surface area contributed by atoms with E-state index in [4.69, 9.17) is 9.84 Å². The monoisotopic (exact) mass is 293 g/mol. The number of carbonyl (C=O) groups excluding carboxylic acids is 1. The van der Waals surface area contributed by atoms with E-state index in [-0.39, 0.29) is 12.3 Å². The number of benzene rings is 1. The minimum atomic E-state index is -1.03. The predicted molar refractivity (Wildman–Crippen MR) is 80.4 cm³/mol. The zero-order chi connectivity index (χ0) is 15.7. The minimum absolute atomic E-state index is 0.256. The minimum Gasteiger partial charge on any atom is -0.494 e. The number of hydrogen-bond donors (Lipinski definition) is 2. The van der Waals surface area contributed by atoms with E-state index in [2.05, 4.69) is 12.2 Å². The van der Waals surface area contributed by atoms with Crippen molar-refractivity contribution in [3.05, 3.63) is 29.8 Å². The van der Waals surface area contributed by atoms with Gasteiger partial charge in [-0.2, -0.15) is 0 Å². The van der Waals surface area contributed by atoms with Crippen LogP contribution in [0.2, 0.25) is 0 Å². The molecule has 0 spiro atoms. The Morgan fingerprint density at radius 2 is 1.95 bits per heavy atom. The highest BCUT2D eigenvalue weighted by atomic mass is 16.5. The molecule has 0 fully saturated rings. The third kappa shape index (κ3) is 6.79. The van der Waals surface area contributed by atoms with Crippen LogP contribution in [0.15, 0.2) is 24.3 Å². The summed E-state index contributed by atoms with van der Waals surface area (Å²) in [6, 6.07) is 6.78. The highest BCUT2D eigenvalue weighted by Gasteiger charge is 2.13. The van der Waals surface area contributed by atoms with Gasteiger partial charge in [0.1, 0.15) is 11.8 Å².